The van der Waals surface area contributed by atoms with Crippen LogP contribution in [0.3, 0.4) is 0 Å². The highest BCUT2D eigenvalue weighted by molar-refractivity contribution is 14.0. The average Bonchev–Trinajstić information content (AvgIpc) is 3.36. The summed E-state index contributed by atoms with van der Waals surface area (Å²) in [6.07, 6.45) is 5.15. The molecule has 2 fully saturated rings. The molecular formula is C23H41IN4O2. The molecule has 0 amide bonds. The molecule has 0 spiro atoms. The van der Waals surface area contributed by atoms with Gasteiger partial charge in [0.05, 0.1) is 12.1 Å². The first-order chi connectivity index (χ1) is 13.9. The van der Waals surface area contributed by atoms with Crippen molar-refractivity contribution in [2.75, 3.05) is 39.8 Å². The van der Waals surface area contributed by atoms with Crippen LogP contribution in [0.15, 0.2) is 21.5 Å². The molecule has 0 radical (unpaired) electrons. The smallest absolute Gasteiger partial charge is 0.191 e. The van der Waals surface area contributed by atoms with Crippen LogP contribution in [0.1, 0.15) is 64.0 Å². The first-order valence-corrected chi connectivity index (χ1v) is 11.2. The Bertz CT molecular complexity index is 664. The highest BCUT2D eigenvalue weighted by Gasteiger charge is 2.35. The summed E-state index contributed by atoms with van der Waals surface area (Å²) < 4.78 is 12.1. The largest absolute Gasteiger partial charge is 0.465 e. The third-order valence-corrected chi connectivity index (χ3v) is 6.19. The zero-order valence-corrected chi connectivity index (χ0v) is 21.7. The molecular weight excluding hydrogens is 491 g/mol. The highest BCUT2D eigenvalue weighted by Crippen LogP contribution is 2.33. The topological polar surface area (TPSA) is 62.0 Å². The molecule has 2 saturated heterocycles. The molecule has 2 aliphatic heterocycles. The van der Waals surface area contributed by atoms with Gasteiger partial charge in [-0.3, -0.25) is 9.89 Å². The zero-order valence-electron chi connectivity index (χ0n) is 19.4. The summed E-state index contributed by atoms with van der Waals surface area (Å²) in [5.41, 5.74) is 0.154. The molecule has 30 heavy (non-hydrogen) atoms. The van der Waals surface area contributed by atoms with E-state index in [0.717, 1.165) is 56.7 Å². The molecule has 0 aliphatic carbocycles. The Balaban J connectivity index is 0.00000320. The Morgan fingerprint density at radius 3 is 2.53 bits per heavy atom. The maximum absolute atomic E-state index is 6.13. The van der Waals surface area contributed by atoms with Crippen LogP contribution in [0.5, 0.6) is 0 Å². The van der Waals surface area contributed by atoms with Crippen molar-refractivity contribution in [2.24, 2.45) is 16.3 Å². The van der Waals surface area contributed by atoms with Gasteiger partial charge in [0.25, 0.3) is 0 Å². The maximum atomic E-state index is 6.13. The van der Waals surface area contributed by atoms with E-state index in [1.807, 2.05) is 14.0 Å². The van der Waals surface area contributed by atoms with Gasteiger partial charge >= 0.3 is 0 Å². The van der Waals surface area contributed by atoms with E-state index in [2.05, 4.69) is 53.4 Å². The van der Waals surface area contributed by atoms with Crippen molar-refractivity contribution in [3.05, 3.63) is 23.7 Å². The van der Waals surface area contributed by atoms with Crippen molar-refractivity contribution in [2.45, 2.75) is 65.5 Å². The van der Waals surface area contributed by atoms with E-state index in [9.17, 15) is 0 Å². The lowest BCUT2D eigenvalue weighted by Crippen LogP contribution is -2.48. The molecule has 6 nitrogen and oxygen atoms in total. The van der Waals surface area contributed by atoms with E-state index in [0.29, 0.717) is 5.92 Å². The number of ether oxygens (including phenoxy) is 1. The molecule has 3 atom stereocenters. The summed E-state index contributed by atoms with van der Waals surface area (Å²) >= 11 is 0. The molecule has 0 saturated carbocycles. The van der Waals surface area contributed by atoms with Crippen LogP contribution in [0, 0.1) is 18.3 Å². The van der Waals surface area contributed by atoms with E-state index < -0.39 is 0 Å². The van der Waals surface area contributed by atoms with E-state index in [-0.39, 0.29) is 41.5 Å². The Labute approximate surface area is 199 Å². The Hall–Kier alpha value is -0.800. The van der Waals surface area contributed by atoms with Crippen molar-refractivity contribution < 1.29 is 9.15 Å². The first kappa shape index (κ1) is 25.5. The summed E-state index contributed by atoms with van der Waals surface area (Å²) in [5.74, 6) is 3.37. The number of likely N-dealkylation sites (tertiary alicyclic amines) is 1. The molecule has 7 heteroatoms. The van der Waals surface area contributed by atoms with E-state index in [4.69, 9.17) is 9.15 Å². The minimum Gasteiger partial charge on any atom is -0.465 e. The van der Waals surface area contributed by atoms with Crippen molar-refractivity contribution in [3.8, 4) is 0 Å². The van der Waals surface area contributed by atoms with Gasteiger partial charge in [0, 0.05) is 32.7 Å². The van der Waals surface area contributed by atoms with Crippen molar-refractivity contribution in [3.63, 3.8) is 0 Å². The van der Waals surface area contributed by atoms with Crippen LogP contribution in [-0.2, 0) is 4.74 Å². The number of halogens is 1. The van der Waals surface area contributed by atoms with Gasteiger partial charge in [0.2, 0.25) is 0 Å². The van der Waals surface area contributed by atoms with Gasteiger partial charge in [0.15, 0.2) is 5.96 Å². The Kier molecular flexibility index (Phi) is 9.94. The van der Waals surface area contributed by atoms with E-state index in [1.165, 1.54) is 19.3 Å². The molecule has 2 aliphatic rings. The molecule has 3 heterocycles. The Morgan fingerprint density at radius 2 is 1.93 bits per heavy atom. The lowest BCUT2D eigenvalue weighted by molar-refractivity contribution is -0.0835. The van der Waals surface area contributed by atoms with Crippen LogP contribution in [0.4, 0.5) is 0 Å². The molecule has 0 bridgehead atoms. The fraction of sp³-hybridized carbons (Fsp3) is 0.783. The normalized spacial score (nSPS) is 24.4. The molecule has 3 unspecified atom stereocenters. The number of guanidine groups is 1. The summed E-state index contributed by atoms with van der Waals surface area (Å²) in [5, 5.41) is 7.10. The van der Waals surface area contributed by atoms with Gasteiger partial charge < -0.3 is 19.8 Å². The lowest BCUT2D eigenvalue weighted by Gasteiger charge is -2.40. The van der Waals surface area contributed by atoms with Gasteiger partial charge in [-0.1, -0.05) is 20.8 Å². The molecule has 1 aromatic rings. The zero-order chi connectivity index (χ0) is 20.9. The van der Waals surface area contributed by atoms with Gasteiger partial charge in [-0.15, -0.1) is 24.0 Å². The predicted molar refractivity (Wildman–Crippen MR) is 134 cm³/mol. The number of hydrogen-bond acceptors (Lipinski definition) is 4. The molecule has 172 valence electrons. The van der Waals surface area contributed by atoms with E-state index in [1.54, 1.807) is 0 Å². The molecule has 3 rings (SSSR count). The van der Waals surface area contributed by atoms with Crippen molar-refractivity contribution >= 4 is 29.9 Å². The lowest BCUT2D eigenvalue weighted by atomic mass is 9.78. The number of hydrogen-bond donors (Lipinski definition) is 2. The van der Waals surface area contributed by atoms with Gasteiger partial charge in [-0.05, 0) is 63.2 Å². The third kappa shape index (κ3) is 6.85. The fourth-order valence-corrected chi connectivity index (χ4v) is 4.75. The number of nitrogens with one attached hydrogen (secondary N) is 2. The Morgan fingerprint density at radius 1 is 1.20 bits per heavy atom. The van der Waals surface area contributed by atoms with Gasteiger partial charge in [-0.25, -0.2) is 0 Å². The second-order valence-electron chi connectivity index (χ2n) is 9.60. The van der Waals surface area contributed by atoms with Crippen LogP contribution >= 0.6 is 24.0 Å². The quantitative estimate of drug-likeness (QED) is 0.324. The van der Waals surface area contributed by atoms with Crippen molar-refractivity contribution in [1.29, 1.82) is 0 Å². The SMILES string of the molecule is CN=C(NCC1CCCOC1C(C)(C)C)NCC(c1ccc(C)o1)N1CCCC1.I. The van der Waals surface area contributed by atoms with Crippen LogP contribution < -0.4 is 10.6 Å². The number of rotatable bonds is 6. The van der Waals surface area contributed by atoms with Gasteiger partial charge in [-0.2, -0.15) is 0 Å². The number of aliphatic imine (C=N–C) groups is 1. The summed E-state index contributed by atoms with van der Waals surface area (Å²) in [6, 6.07) is 4.41. The summed E-state index contributed by atoms with van der Waals surface area (Å²) in [4.78, 5) is 6.98. The monoisotopic (exact) mass is 532 g/mol. The summed E-state index contributed by atoms with van der Waals surface area (Å²) in [7, 11) is 1.84. The fourth-order valence-electron chi connectivity index (χ4n) is 4.75. The average molecular weight is 533 g/mol. The second-order valence-corrected chi connectivity index (χ2v) is 9.60. The minimum absolute atomic E-state index is 0. The number of furan rings is 1. The predicted octanol–water partition coefficient (Wildman–Crippen LogP) is 4.35. The van der Waals surface area contributed by atoms with E-state index >= 15 is 0 Å². The number of nitrogens with zero attached hydrogens (tertiary/aromatic N) is 2. The van der Waals surface area contributed by atoms with Crippen LogP contribution in [0.25, 0.3) is 0 Å². The second kappa shape index (κ2) is 11.7. The standard InChI is InChI=1S/C23H40N4O2.HI/c1-17-10-11-20(29-17)19(27-12-6-7-13-27)16-26-22(24-5)25-15-18-9-8-14-28-21(18)23(2,3)4;/h10-11,18-19,21H,6-9,12-16H2,1-5H3,(H2,24,25,26);1H. The maximum Gasteiger partial charge on any atom is 0.191 e. The minimum atomic E-state index is 0. The van der Waals surface area contributed by atoms with Gasteiger partial charge in [0.1, 0.15) is 11.5 Å². The third-order valence-electron chi connectivity index (χ3n) is 6.19. The first-order valence-electron chi connectivity index (χ1n) is 11.2. The molecule has 0 aromatic carbocycles. The van der Waals surface area contributed by atoms with Crippen LogP contribution in [0.2, 0.25) is 0 Å². The number of aryl methyl sites for hydroxylation is 1. The molecule has 1 aromatic heterocycles. The molecule has 2 N–H and O–H groups in total. The highest BCUT2D eigenvalue weighted by atomic mass is 127. The van der Waals surface area contributed by atoms with Crippen molar-refractivity contribution in [1.82, 2.24) is 15.5 Å². The van der Waals surface area contributed by atoms with Crippen LogP contribution in [-0.4, -0.2) is 56.8 Å². The summed E-state index contributed by atoms with van der Waals surface area (Å²) in [6.45, 7) is 13.6.